The summed E-state index contributed by atoms with van der Waals surface area (Å²) in [6.45, 7) is 4.52. The minimum Gasteiger partial charge on any atom is -0.309 e. The second-order valence-corrected chi connectivity index (χ2v) is 3.74. The van der Waals surface area contributed by atoms with Crippen LogP contribution in [-0.2, 0) is 20.1 Å². The monoisotopic (exact) mass is 220 g/mol. The molecule has 0 amide bonds. The summed E-state index contributed by atoms with van der Waals surface area (Å²) in [7, 11) is 1.96. The average molecular weight is 220 g/mol. The summed E-state index contributed by atoms with van der Waals surface area (Å²) in [5.41, 5.74) is 2.24. The average Bonchev–Trinajstić information content (AvgIpc) is 2.84. The highest BCUT2D eigenvalue weighted by atomic mass is 15.4. The number of aryl methyl sites for hydroxylation is 2. The molecule has 0 radical (unpaired) electrons. The molecule has 6 heteroatoms. The quantitative estimate of drug-likeness (QED) is 0.727. The SMILES string of the molecule is Cc1cc(CNCCn2ccnn2)n(C)n1. The molecule has 2 heterocycles. The summed E-state index contributed by atoms with van der Waals surface area (Å²) >= 11 is 0. The third-order valence-corrected chi connectivity index (χ3v) is 2.39. The summed E-state index contributed by atoms with van der Waals surface area (Å²) in [4.78, 5) is 0. The van der Waals surface area contributed by atoms with Gasteiger partial charge in [-0.05, 0) is 13.0 Å². The smallest absolute Gasteiger partial charge is 0.0692 e. The number of aromatic nitrogens is 5. The molecular formula is C10H16N6. The van der Waals surface area contributed by atoms with Gasteiger partial charge in [-0.25, -0.2) is 0 Å². The van der Waals surface area contributed by atoms with Crippen molar-refractivity contribution in [1.82, 2.24) is 30.1 Å². The number of rotatable bonds is 5. The van der Waals surface area contributed by atoms with E-state index in [9.17, 15) is 0 Å². The van der Waals surface area contributed by atoms with Gasteiger partial charge < -0.3 is 5.32 Å². The predicted octanol–water partition coefficient (Wildman–Crippen LogP) is 0.110. The molecule has 0 aliphatic carbocycles. The minimum absolute atomic E-state index is 0.825. The van der Waals surface area contributed by atoms with Gasteiger partial charge in [-0.2, -0.15) is 5.10 Å². The summed E-state index contributed by atoms with van der Waals surface area (Å²) in [6.07, 6.45) is 3.54. The third-order valence-electron chi connectivity index (χ3n) is 2.39. The maximum absolute atomic E-state index is 4.29. The molecule has 0 unspecified atom stereocenters. The number of hydrogen-bond acceptors (Lipinski definition) is 4. The van der Waals surface area contributed by atoms with Crippen molar-refractivity contribution in [3.63, 3.8) is 0 Å². The van der Waals surface area contributed by atoms with Gasteiger partial charge in [0, 0.05) is 26.3 Å². The van der Waals surface area contributed by atoms with E-state index in [1.54, 1.807) is 6.20 Å². The van der Waals surface area contributed by atoms with Crippen molar-refractivity contribution in [1.29, 1.82) is 0 Å². The lowest BCUT2D eigenvalue weighted by molar-refractivity contribution is 0.530. The standard InChI is InChI=1S/C10H16N6/c1-9-7-10(15(2)13-9)8-11-3-5-16-6-4-12-14-16/h4,6-7,11H,3,5,8H2,1-2H3. The lowest BCUT2D eigenvalue weighted by atomic mass is 10.3. The van der Waals surface area contributed by atoms with E-state index in [0.717, 1.165) is 25.3 Å². The third kappa shape index (κ3) is 2.66. The zero-order valence-corrected chi connectivity index (χ0v) is 9.59. The van der Waals surface area contributed by atoms with Gasteiger partial charge in [0.1, 0.15) is 0 Å². The van der Waals surface area contributed by atoms with Crippen LogP contribution in [0.2, 0.25) is 0 Å². The summed E-state index contributed by atoms with van der Waals surface area (Å²) in [5, 5.41) is 15.3. The Bertz CT molecular complexity index is 430. The molecular weight excluding hydrogens is 204 g/mol. The predicted molar refractivity (Wildman–Crippen MR) is 59.7 cm³/mol. The van der Waals surface area contributed by atoms with E-state index in [0.29, 0.717) is 0 Å². The normalized spacial score (nSPS) is 10.9. The zero-order chi connectivity index (χ0) is 11.4. The highest BCUT2D eigenvalue weighted by molar-refractivity contribution is 5.08. The molecule has 0 fully saturated rings. The van der Waals surface area contributed by atoms with Crippen molar-refractivity contribution in [3.8, 4) is 0 Å². The van der Waals surface area contributed by atoms with Gasteiger partial charge >= 0.3 is 0 Å². The summed E-state index contributed by atoms with van der Waals surface area (Å²) < 4.78 is 3.71. The summed E-state index contributed by atoms with van der Waals surface area (Å²) in [6, 6.07) is 2.09. The lowest BCUT2D eigenvalue weighted by Crippen LogP contribution is -2.21. The topological polar surface area (TPSA) is 60.6 Å². The fourth-order valence-corrected chi connectivity index (χ4v) is 1.59. The molecule has 2 aromatic rings. The Balaban J connectivity index is 1.74. The molecule has 0 aliphatic rings. The first-order chi connectivity index (χ1) is 7.75. The Morgan fingerprint density at radius 1 is 1.44 bits per heavy atom. The van der Waals surface area contributed by atoms with E-state index < -0.39 is 0 Å². The second-order valence-electron chi connectivity index (χ2n) is 3.74. The highest BCUT2D eigenvalue weighted by Crippen LogP contribution is 2.00. The van der Waals surface area contributed by atoms with Crippen molar-refractivity contribution in [2.45, 2.75) is 20.0 Å². The molecule has 6 nitrogen and oxygen atoms in total. The summed E-state index contributed by atoms with van der Waals surface area (Å²) in [5.74, 6) is 0. The molecule has 86 valence electrons. The largest absolute Gasteiger partial charge is 0.309 e. The first kappa shape index (κ1) is 10.8. The van der Waals surface area contributed by atoms with E-state index in [1.165, 1.54) is 5.69 Å². The number of nitrogens with zero attached hydrogens (tertiary/aromatic N) is 5. The lowest BCUT2D eigenvalue weighted by Gasteiger charge is -2.04. The fourth-order valence-electron chi connectivity index (χ4n) is 1.59. The van der Waals surface area contributed by atoms with Crippen LogP contribution >= 0.6 is 0 Å². The van der Waals surface area contributed by atoms with Crippen molar-refractivity contribution in [2.24, 2.45) is 7.05 Å². The maximum atomic E-state index is 4.29. The Morgan fingerprint density at radius 3 is 2.94 bits per heavy atom. The molecule has 0 bridgehead atoms. The van der Waals surface area contributed by atoms with Crippen molar-refractivity contribution >= 4 is 0 Å². The Labute approximate surface area is 94.3 Å². The van der Waals surface area contributed by atoms with E-state index in [-0.39, 0.29) is 0 Å². The van der Waals surface area contributed by atoms with Crippen molar-refractivity contribution < 1.29 is 0 Å². The Hall–Kier alpha value is -1.69. The van der Waals surface area contributed by atoms with Crippen LogP contribution in [0, 0.1) is 6.92 Å². The molecule has 1 N–H and O–H groups in total. The van der Waals surface area contributed by atoms with Crippen molar-refractivity contribution in [2.75, 3.05) is 6.54 Å². The van der Waals surface area contributed by atoms with Gasteiger partial charge in [-0.15, -0.1) is 5.10 Å². The molecule has 0 saturated carbocycles. The van der Waals surface area contributed by atoms with Crippen LogP contribution in [0.4, 0.5) is 0 Å². The Kier molecular flexibility index (Phi) is 3.31. The van der Waals surface area contributed by atoms with Crippen molar-refractivity contribution in [3.05, 3.63) is 29.8 Å². The fraction of sp³-hybridized carbons (Fsp3) is 0.500. The molecule has 0 aliphatic heterocycles. The van der Waals surface area contributed by atoms with Gasteiger partial charge in [0.25, 0.3) is 0 Å². The van der Waals surface area contributed by atoms with Crippen LogP contribution in [0.5, 0.6) is 0 Å². The highest BCUT2D eigenvalue weighted by Gasteiger charge is 2.00. The number of nitrogens with one attached hydrogen (secondary N) is 1. The van der Waals surface area contributed by atoms with Gasteiger partial charge in [0.2, 0.25) is 0 Å². The molecule has 0 aromatic carbocycles. The first-order valence-electron chi connectivity index (χ1n) is 5.30. The second kappa shape index (κ2) is 4.89. The van der Waals surface area contributed by atoms with E-state index in [4.69, 9.17) is 0 Å². The molecule has 2 aromatic heterocycles. The van der Waals surface area contributed by atoms with Crippen LogP contribution in [-0.4, -0.2) is 31.3 Å². The van der Waals surface area contributed by atoms with Crippen LogP contribution in [0.3, 0.4) is 0 Å². The minimum atomic E-state index is 0.825. The molecule has 0 saturated heterocycles. The van der Waals surface area contributed by atoms with Gasteiger partial charge in [0.05, 0.1) is 24.1 Å². The molecule has 0 atom stereocenters. The zero-order valence-electron chi connectivity index (χ0n) is 9.59. The Morgan fingerprint density at radius 2 is 2.31 bits per heavy atom. The van der Waals surface area contributed by atoms with Crippen LogP contribution < -0.4 is 5.32 Å². The molecule has 0 spiro atoms. The first-order valence-corrected chi connectivity index (χ1v) is 5.30. The van der Waals surface area contributed by atoms with Crippen LogP contribution in [0.25, 0.3) is 0 Å². The van der Waals surface area contributed by atoms with E-state index >= 15 is 0 Å². The number of hydrogen-bond donors (Lipinski definition) is 1. The van der Waals surface area contributed by atoms with E-state index in [2.05, 4.69) is 26.8 Å². The molecule has 16 heavy (non-hydrogen) atoms. The molecule has 2 rings (SSSR count). The maximum Gasteiger partial charge on any atom is 0.0692 e. The van der Waals surface area contributed by atoms with Crippen LogP contribution in [0.15, 0.2) is 18.5 Å². The van der Waals surface area contributed by atoms with Gasteiger partial charge in [0.15, 0.2) is 0 Å². The van der Waals surface area contributed by atoms with Crippen LogP contribution in [0.1, 0.15) is 11.4 Å². The van der Waals surface area contributed by atoms with E-state index in [1.807, 2.05) is 29.5 Å². The van der Waals surface area contributed by atoms with Gasteiger partial charge in [-0.3, -0.25) is 9.36 Å². The van der Waals surface area contributed by atoms with Gasteiger partial charge in [-0.1, -0.05) is 5.21 Å².